The first-order chi connectivity index (χ1) is 12.7. The average Bonchev–Trinajstić information content (AvgIpc) is 2.68. The zero-order valence-electron chi connectivity index (χ0n) is 14.2. The van der Waals surface area contributed by atoms with Crippen LogP contribution in [-0.4, -0.2) is 18.7 Å². The van der Waals surface area contributed by atoms with Crippen molar-refractivity contribution in [3.05, 3.63) is 76.8 Å². The Labute approximate surface area is 161 Å². The van der Waals surface area contributed by atoms with Crippen molar-refractivity contribution in [3.8, 4) is 5.75 Å². The number of hydrogen-bond acceptors (Lipinski definition) is 3. The lowest BCUT2D eigenvalue weighted by molar-refractivity contribution is -0.123. The van der Waals surface area contributed by atoms with E-state index in [0.717, 1.165) is 28.1 Å². The van der Waals surface area contributed by atoms with E-state index in [1.807, 2.05) is 54.6 Å². The fourth-order valence-electron chi connectivity index (χ4n) is 2.56. The maximum absolute atomic E-state index is 11.9. The molecular formula is C21H19BrN2O2. The lowest BCUT2D eigenvalue weighted by Gasteiger charge is -2.09. The summed E-state index contributed by atoms with van der Waals surface area (Å²) in [6, 6.07) is 22.0. The number of nitrogens with zero attached hydrogens (tertiary/aromatic N) is 1. The molecule has 0 heterocycles. The highest BCUT2D eigenvalue weighted by Crippen LogP contribution is 2.32. The molecule has 1 amide bonds. The highest BCUT2D eigenvalue weighted by molar-refractivity contribution is 9.10. The highest BCUT2D eigenvalue weighted by atomic mass is 79.9. The van der Waals surface area contributed by atoms with Gasteiger partial charge >= 0.3 is 0 Å². The summed E-state index contributed by atoms with van der Waals surface area (Å²) in [5.41, 5.74) is 3.73. The molecule has 0 spiro atoms. The van der Waals surface area contributed by atoms with Crippen molar-refractivity contribution >= 4 is 38.8 Å². The second kappa shape index (κ2) is 9.15. The van der Waals surface area contributed by atoms with Gasteiger partial charge < -0.3 is 4.74 Å². The standard InChI is InChI=1S/C21H19BrN2O2/c22-21-18-11-5-4-10-17(18)12-13-19(21)26-15-20(25)24-23-14-6-9-16-7-2-1-3-8-16/h1-5,7-8,10-14H,6,9,15H2,(H,24,25). The van der Waals surface area contributed by atoms with Crippen LogP contribution in [-0.2, 0) is 11.2 Å². The van der Waals surface area contributed by atoms with Crippen LogP contribution in [0.5, 0.6) is 5.75 Å². The van der Waals surface area contributed by atoms with Crippen LogP contribution < -0.4 is 10.2 Å². The van der Waals surface area contributed by atoms with Crippen molar-refractivity contribution in [2.45, 2.75) is 12.8 Å². The van der Waals surface area contributed by atoms with Gasteiger partial charge in [0.05, 0.1) is 4.47 Å². The number of ether oxygens (including phenoxy) is 1. The van der Waals surface area contributed by atoms with Crippen LogP contribution in [0.25, 0.3) is 10.8 Å². The number of fused-ring (bicyclic) bond motifs is 1. The van der Waals surface area contributed by atoms with E-state index in [2.05, 4.69) is 38.6 Å². The lowest BCUT2D eigenvalue weighted by Crippen LogP contribution is -2.24. The Balaban J connectivity index is 1.45. The summed E-state index contributed by atoms with van der Waals surface area (Å²) in [6.07, 6.45) is 3.36. The maximum atomic E-state index is 11.9. The number of halogens is 1. The Bertz CT molecular complexity index is 910. The van der Waals surface area contributed by atoms with Gasteiger partial charge in [0.1, 0.15) is 5.75 Å². The van der Waals surface area contributed by atoms with E-state index in [1.54, 1.807) is 6.21 Å². The summed E-state index contributed by atoms with van der Waals surface area (Å²) in [6.45, 7) is -0.0903. The van der Waals surface area contributed by atoms with Gasteiger partial charge in [0.25, 0.3) is 5.91 Å². The minimum Gasteiger partial charge on any atom is -0.483 e. The Kier molecular flexibility index (Phi) is 6.39. The molecule has 26 heavy (non-hydrogen) atoms. The van der Waals surface area contributed by atoms with Crippen LogP contribution in [0, 0.1) is 0 Å². The molecule has 3 aromatic rings. The molecular weight excluding hydrogens is 392 g/mol. The number of hydrazone groups is 1. The fourth-order valence-corrected chi connectivity index (χ4v) is 3.17. The SMILES string of the molecule is O=C(COc1ccc2ccccc2c1Br)NN=CCCc1ccccc1. The third-order valence-corrected chi connectivity index (χ3v) is 4.69. The van der Waals surface area contributed by atoms with Crippen molar-refractivity contribution < 1.29 is 9.53 Å². The van der Waals surface area contributed by atoms with Crippen molar-refractivity contribution in [1.82, 2.24) is 5.43 Å². The summed E-state index contributed by atoms with van der Waals surface area (Å²) in [7, 11) is 0. The summed E-state index contributed by atoms with van der Waals surface area (Å²) in [5.74, 6) is 0.341. The topological polar surface area (TPSA) is 50.7 Å². The average molecular weight is 411 g/mol. The molecule has 0 saturated carbocycles. The molecule has 0 fully saturated rings. The van der Waals surface area contributed by atoms with Crippen molar-refractivity contribution in [3.63, 3.8) is 0 Å². The number of amides is 1. The van der Waals surface area contributed by atoms with Crippen molar-refractivity contribution in [1.29, 1.82) is 0 Å². The molecule has 0 aromatic heterocycles. The van der Waals surface area contributed by atoms with Gasteiger partial charge in [-0.2, -0.15) is 5.10 Å². The second-order valence-electron chi connectivity index (χ2n) is 5.76. The zero-order chi connectivity index (χ0) is 18.2. The zero-order valence-corrected chi connectivity index (χ0v) is 15.8. The first-order valence-corrected chi connectivity index (χ1v) is 9.17. The fraction of sp³-hybridized carbons (Fsp3) is 0.143. The van der Waals surface area contributed by atoms with Gasteiger partial charge in [-0.25, -0.2) is 5.43 Å². The minimum atomic E-state index is -0.291. The first kappa shape index (κ1) is 18.1. The first-order valence-electron chi connectivity index (χ1n) is 8.38. The van der Waals surface area contributed by atoms with Gasteiger partial charge in [-0.15, -0.1) is 0 Å². The Morgan fingerprint density at radius 1 is 1.04 bits per heavy atom. The van der Waals surface area contributed by atoms with Crippen LogP contribution >= 0.6 is 15.9 Å². The van der Waals surface area contributed by atoms with E-state index in [9.17, 15) is 4.79 Å². The highest BCUT2D eigenvalue weighted by Gasteiger charge is 2.08. The summed E-state index contributed by atoms with van der Waals surface area (Å²) in [5, 5.41) is 6.11. The number of aryl methyl sites for hydroxylation is 1. The molecule has 4 nitrogen and oxygen atoms in total. The lowest BCUT2D eigenvalue weighted by atomic mass is 10.1. The van der Waals surface area contributed by atoms with Crippen LogP contribution in [0.4, 0.5) is 0 Å². The van der Waals surface area contributed by atoms with Crippen molar-refractivity contribution in [2.24, 2.45) is 5.10 Å². The predicted molar refractivity (Wildman–Crippen MR) is 109 cm³/mol. The van der Waals surface area contributed by atoms with E-state index >= 15 is 0 Å². The summed E-state index contributed by atoms with van der Waals surface area (Å²) >= 11 is 3.54. The number of rotatable bonds is 7. The van der Waals surface area contributed by atoms with Crippen LogP contribution in [0.1, 0.15) is 12.0 Å². The van der Waals surface area contributed by atoms with E-state index in [-0.39, 0.29) is 12.5 Å². The van der Waals surface area contributed by atoms with Crippen LogP contribution in [0.2, 0.25) is 0 Å². The van der Waals surface area contributed by atoms with Gasteiger partial charge in [0, 0.05) is 6.21 Å². The number of benzene rings is 3. The number of carbonyl (C=O) groups is 1. The molecule has 0 bridgehead atoms. The molecule has 3 rings (SSSR count). The molecule has 0 unspecified atom stereocenters. The van der Waals surface area contributed by atoms with Crippen molar-refractivity contribution in [2.75, 3.05) is 6.61 Å². The maximum Gasteiger partial charge on any atom is 0.277 e. The third-order valence-electron chi connectivity index (χ3n) is 3.87. The minimum absolute atomic E-state index is 0.0903. The molecule has 0 aliphatic carbocycles. The van der Waals surface area contributed by atoms with Gasteiger partial charge in [0.2, 0.25) is 0 Å². The van der Waals surface area contributed by atoms with Gasteiger partial charge in [-0.05, 0) is 51.2 Å². The third kappa shape index (κ3) is 4.92. The smallest absolute Gasteiger partial charge is 0.277 e. The number of nitrogens with one attached hydrogen (secondary N) is 1. The van der Waals surface area contributed by atoms with Gasteiger partial charge in [-0.1, -0.05) is 60.7 Å². The Hall–Kier alpha value is -2.66. The molecule has 3 aromatic carbocycles. The Morgan fingerprint density at radius 2 is 1.81 bits per heavy atom. The van der Waals surface area contributed by atoms with E-state index in [4.69, 9.17) is 4.74 Å². The number of hydrogen-bond donors (Lipinski definition) is 1. The molecule has 5 heteroatoms. The van der Waals surface area contributed by atoms with E-state index < -0.39 is 0 Å². The monoisotopic (exact) mass is 410 g/mol. The quantitative estimate of drug-likeness (QED) is 0.452. The molecule has 0 radical (unpaired) electrons. The van der Waals surface area contributed by atoms with Gasteiger partial charge in [-0.3, -0.25) is 4.79 Å². The summed E-state index contributed by atoms with van der Waals surface area (Å²) < 4.78 is 6.44. The normalized spacial score (nSPS) is 11.0. The van der Waals surface area contributed by atoms with E-state index in [0.29, 0.717) is 5.75 Å². The molecule has 0 atom stereocenters. The molecule has 132 valence electrons. The number of carbonyl (C=O) groups excluding carboxylic acids is 1. The predicted octanol–water partition coefficient (Wildman–Crippen LogP) is 4.72. The molecule has 1 N–H and O–H groups in total. The Morgan fingerprint density at radius 3 is 2.65 bits per heavy atom. The second-order valence-corrected chi connectivity index (χ2v) is 6.55. The van der Waals surface area contributed by atoms with Crippen LogP contribution in [0.15, 0.2) is 76.3 Å². The summed E-state index contributed by atoms with van der Waals surface area (Å²) in [4.78, 5) is 11.9. The molecule has 0 aliphatic rings. The van der Waals surface area contributed by atoms with Crippen LogP contribution in [0.3, 0.4) is 0 Å². The van der Waals surface area contributed by atoms with Gasteiger partial charge in [0.15, 0.2) is 6.61 Å². The largest absolute Gasteiger partial charge is 0.483 e. The van der Waals surface area contributed by atoms with E-state index in [1.165, 1.54) is 5.56 Å². The molecule has 0 aliphatic heterocycles. The molecule has 0 saturated heterocycles.